The normalized spacial score (nSPS) is 12.3. The molecule has 0 saturated heterocycles. The third-order valence-electron chi connectivity index (χ3n) is 3.53. The standard InChI is InChI=1S/C16H12F3N3O2S/c17-16(18,19)14-10-21-22(12-4-2-1-3-5-12)15(14)11-6-8-13(9-7-11)25(20,23)24/h1-10H,(H2,20,23,24). The van der Waals surface area contributed by atoms with Gasteiger partial charge in [-0.15, -0.1) is 0 Å². The molecule has 3 aromatic rings. The fourth-order valence-corrected chi connectivity index (χ4v) is 2.92. The summed E-state index contributed by atoms with van der Waals surface area (Å²) in [6, 6.07) is 13.2. The van der Waals surface area contributed by atoms with Crippen LogP contribution >= 0.6 is 0 Å². The lowest BCUT2D eigenvalue weighted by atomic mass is 10.1. The van der Waals surface area contributed by atoms with Crippen molar-refractivity contribution in [2.45, 2.75) is 11.1 Å². The van der Waals surface area contributed by atoms with Crippen molar-refractivity contribution < 1.29 is 21.6 Å². The summed E-state index contributed by atoms with van der Waals surface area (Å²) >= 11 is 0. The summed E-state index contributed by atoms with van der Waals surface area (Å²) in [7, 11) is -3.93. The van der Waals surface area contributed by atoms with Gasteiger partial charge in [0.1, 0.15) is 5.56 Å². The fourth-order valence-electron chi connectivity index (χ4n) is 2.40. The molecule has 0 unspecified atom stereocenters. The Morgan fingerprint density at radius 2 is 1.56 bits per heavy atom. The van der Waals surface area contributed by atoms with Crippen molar-refractivity contribution in [2.75, 3.05) is 0 Å². The Hall–Kier alpha value is -2.65. The van der Waals surface area contributed by atoms with Gasteiger partial charge in [-0.2, -0.15) is 18.3 Å². The van der Waals surface area contributed by atoms with E-state index < -0.39 is 21.8 Å². The summed E-state index contributed by atoms with van der Waals surface area (Å²) in [5.74, 6) is 0. The van der Waals surface area contributed by atoms with E-state index in [2.05, 4.69) is 5.10 Å². The molecule has 130 valence electrons. The predicted octanol–water partition coefficient (Wildman–Crippen LogP) is 3.21. The Morgan fingerprint density at radius 3 is 2.08 bits per heavy atom. The second-order valence-corrected chi connectivity index (χ2v) is 6.78. The van der Waals surface area contributed by atoms with E-state index >= 15 is 0 Å². The van der Waals surface area contributed by atoms with Crippen molar-refractivity contribution in [1.29, 1.82) is 0 Å². The average Bonchev–Trinajstić information content (AvgIpc) is 3.00. The van der Waals surface area contributed by atoms with Gasteiger partial charge >= 0.3 is 6.18 Å². The van der Waals surface area contributed by atoms with Gasteiger partial charge in [0, 0.05) is 5.56 Å². The van der Waals surface area contributed by atoms with Gasteiger partial charge in [-0.1, -0.05) is 30.3 Å². The van der Waals surface area contributed by atoms with Gasteiger partial charge in [0.2, 0.25) is 10.0 Å². The molecular weight excluding hydrogens is 355 g/mol. The van der Waals surface area contributed by atoms with Crippen molar-refractivity contribution >= 4 is 10.0 Å². The summed E-state index contributed by atoms with van der Waals surface area (Å²) in [6.07, 6.45) is -3.86. The maximum atomic E-state index is 13.4. The van der Waals surface area contributed by atoms with Crippen LogP contribution in [0.15, 0.2) is 65.7 Å². The van der Waals surface area contributed by atoms with Crippen LogP contribution in [0.2, 0.25) is 0 Å². The number of alkyl halides is 3. The SMILES string of the molecule is NS(=O)(=O)c1ccc(-c2c(C(F)(F)F)cnn2-c2ccccc2)cc1. The van der Waals surface area contributed by atoms with Crippen molar-refractivity contribution in [3.8, 4) is 16.9 Å². The van der Waals surface area contributed by atoms with Crippen LogP contribution in [-0.4, -0.2) is 18.2 Å². The molecule has 25 heavy (non-hydrogen) atoms. The van der Waals surface area contributed by atoms with Crippen LogP contribution in [0, 0.1) is 0 Å². The number of rotatable bonds is 3. The van der Waals surface area contributed by atoms with Gasteiger partial charge in [-0.25, -0.2) is 18.2 Å². The Bertz CT molecular complexity index is 995. The molecular formula is C16H12F3N3O2S. The van der Waals surface area contributed by atoms with Gasteiger partial charge in [0.15, 0.2) is 0 Å². The smallest absolute Gasteiger partial charge is 0.232 e. The second-order valence-electron chi connectivity index (χ2n) is 5.22. The molecule has 0 aliphatic rings. The van der Waals surface area contributed by atoms with Gasteiger partial charge in [-0.05, 0) is 24.3 Å². The third-order valence-corrected chi connectivity index (χ3v) is 4.46. The van der Waals surface area contributed by atoms with E-state index in [4.69, 9.17) is 5.14 Å². The van der Waals surface area contributed by atoms with Crippen LogP contribution in [-0.2, 0) is 16.2 Å². The Labute approximate surface area is 141 Å². The first-order valence-corrected chi connectivity index (χ1v) is 8.56. The van der Waals surface area contributed by atoms with Crippen LogP contribution < -0.4 is 5.14 Å². The minimum absolute atomic E-state index is 0.168. The minimum Gasteiger partial charge on any atom is -0.232 e. The van der Waals surface area contributed by atoms with Crippen molar-refractivity contribution in [2.24, 2.45) is 5.14 Å². The zero-order valence-corrected chi connectivity index (χ0v) is 13.4. The molecule has 0 atom stereocenters. The van der Waals surface area contributed by atoms with Crippen molar-refractivity contribution in [1.82, 2.24) is 9.78 Å². The Kier molecular flexibility index (Phi) is 4.13. The molecule has 5 nitrogen and oxygen atoms in total. The van der Waals surface area contributed by atoms with Crippen molar-refractivity contribution in [3.05, 3.63) is 66.4 Å². The second kappa shape index (κ2) is 6.01. The van der Waals surface area contributed by atoms with E-state index in [1.54, 1.807) is 30.3 Å². The molecule has 2 N–H and O–H groups in total. The van der Waals surface area contributed by atoms with Gasteiger partial charge in [0.25, 0.3) is 0 Å². The van der Waals surface area contributed by atoms with E-state index in [0.717, 1.165) is 23.0 Å². The molecule has 0 spiro atoms. The number of nitrogens with zero attached hydrogens (tertiary/aromatic N) is 2. The summed E-state index contributed by atoms with van der Waals surface area (Å²) in [5.41, 5.74) is -0.482. The predicted molar refractivity (Wildman–Crippen MR) is 85.4 cm³/mol. The number of nitrogens with two attached hydrogens (primary N) is 1. The van der Waals surface area contributed by atoms with Crippen molar-refractivity contribution in [3.63, 3.8) is 0 Å². The number of primary sulfonamides is 1. The Balaban J connectivity index is 2.21. The summed E-state index contributed by atoms with van der Waals surface area (Å²) in [6.45, 7) is 0. The first kappa shape index (κ1) is 17.2. The topological polar surface area (TPSA) is 78.0 Å². The Morgan fingerprint density at radius 1 is 0.960 bits per heavy atom. The van der Waals surface area contributed by atoms with E-state index in [1.165, 1.54) is 12.1 Å². The molecule has 0 bridgehead atoms. The number of hydrogen-bond acceptors (Lipinski definition) is 3. The largest absolute Gasteiger partial charge is 0.420 e. The molecule has 1 heterocycles. The van der Waals surface area contributed by atoms with E-state index in [1.807, 2.05) is 0 Å². The summed E-state index contributed by atoms with van der Waals surface area (Å²) < 4.78 is 63.9. The number of aromatic nitrogens is 2. The van der Waals surface area contributed by atoms with E-state index in [0.29, 0.717) is 5.69 Å². The van der Waals surface area contributed by atoms with E-state index in [9.17, 15) is 21.6 Å². The molecule has 9 heteroatoms. The van der Waals surface area contributed by atoms with Crippen LogP contribution in [0.4, 0.5) is 13.2 Å². The van der Waals surface area contributed by atoms with Crippen LogP contribution in [0.5, 0.6) is 0 Å². The number of hydrogen-bond donors (Lipinski definition) is 1. The molecule has 2 aromatic carbocycles. The number of benzene rings is 2. The lowest BCUT2D eigenvalue weighted by Crippen LogP contribution is -2.12. The summed E-state index contributed by atoms with van der Waals surface area (Å²) in [4.78, 5) is -0.185. The number of sulfonamides is 1. The molecule has 0 radical (unpaired) electrons. The molecule has 1 aromatic heterocycles. The minimum atomic E-state index is -4.61. The molecule has 0 saturated carbocycles. The zero-order valence-electron chi connectivity index (χ0n) is 12.6. The highest BCUT2D eigenvalue weighted by molar-refractivity contribution is 7.89. The van der Waals surface area contributed by atoms with Gasteiger partial charge in [-0.3, -0.25) is 0 Å². The first-order valence-electron chi connectivity index (χ1n) is 7.02. The lowest BCUT2D eigenvalue weighted by molar-refractivity contribution is -0.137. The lowest BCUT2D eigenvalue weighted by Gasteiger charge is -2.12. The molecule has 0 fully saturated rings. The van der Waals surface area contributed by atoms with Crippen LogP contribution in [0.1, 0.15) is 5.56 Å². The molecule has 0 amide bonds. The maximum absolute atomic E-state index is 13.4. The third kappa shape index (κ3) is 3.42. The highest BCUT2D eigenvalue weighted by Crippen LogP contribution is 2.38. The molecule has 0 aliphatic heterocycles. The average molecular weight is 367 g/mol. The van der Waals surface area contributed by atoms with Crippen LogP contribution in [0.25, 0.3) is 16.9 Å². The monoisotopic (exact) mass is 367 g/mol. The first-order chi connectivity index (χ1) is 11.7. The highest BCUT2D eigenvalue weighted by Gasteiger charge is 2.37. The number of para-hydroxylation sites is 1. The highest BCUT2D eigenvalue weighted by atomic mass is 32.2. The summed E-state index contributed by atoms with van der Waals surface area (Å²) in [5, 5.41) is 8.87. The van der Waals surface area contributed by atoms with Gasteiger partial charge < -0.3 is 0 Å². The van der Waals surface area contributed by atoms with Crippen LogP contribution in [0.3, 0.4) is 0 Å². The number of halogens is 3. The molecule has 3 rings (SSSR count). The maximum Gasteiger partial charge on any atom is 0.420 e. The molecule has 0 aliphatic carbocycles. The quantitative estimate of drug-likeness (QED) is 0.772. The zero-order chi connectivity index (χ0) is 18.2. The fraction of sp³-hybridized carbons (Fsp3) is 0.0625. The van der Waals surface area contributed by atoms with E-state index in [-0.39, 0.29) is 16.2 Å². The van der Waals surface area contributed by atoms with Gasteiger partial charge in [0.05, 0.1) is 22.5 Å².